The Kier molecular flexibility index (Phi) is 3.08. The molecule has 86 valence electrons. The van der Waals surface area contributed by atoms with Crippen LogP contribution in [0.1, 0.15) is 28.3 Å². The smallest absolute Gasteiger partial charge is 0.126 e. The van der Waals surface area contributed by atoms with Crippen molar-refractivity contribution < 1.29 is 4.79 Å². The molecule has 0 saturated carbocycles. The van der Waals surface area contributed by atoms with E-state index in [-0.39, 0.29) is 12.0 Å². The topological polar surface area (TPSA) is 41.1 Å². The standard InChI is InChI=1S/C13H18N2O/c1-8-4-10(3)12(5-9(8)2)13-11(7-16)6-14-15-13/h4-5,7,11,13-15H,6H2,1-3H3. The minimum Gasteiger partial charge on any atom is -0.303 e. The summed E-state index contributed by atoms with van der Waals surface area (Å²) < 4.78 is 0. The van der Waals surface area contributed by atoms with Gasteiger partial charge in [0.1, 0.15) is 6.29 Å². The molecule has 0 spiro atoms. The first-order valence-corrected chi connectivity index (χ1v) is 5.65. The van der Waals surface area contributed by atoms with E-state index < -0.39 is 0 Å². The van der Waals surface area contributed by atoms with Crippen LogP contribution in [0.15, 0.2) is 12.1 Å². The number of nitrogens with one attached hydrogen (secondary N) is 2. The fourth-order valence-corrected chi connectivity index (χ4v) is 2.26. The summed E-state index contributed by atoms with van der Waals surface area (Å²) in [7, 11) is 0. The van der Waals surface area contributed by atoms with Crippen LogP contribution in [0.5, 0.6) is 0 Å². The maximum absolute atomic E-state index is 11.0. The first-order chi connectivity index (χ1) is 7.63. The molecule has 1 fully saturated rings. The van der Waals surface area contributed by atoms with Gasteiger partial charge in [0.05, 0.1) is 6.04 Å². The normalized spacial score (nSPS) is 24.7. The predicted molar refractivity (Wildman–Crippen MR) is 64.1 cm³/mol. The summed E-state index contributed by atoms with van der Waals surface area (Å²) in [5, 5.41) is 0. The number of rotatable bonds is 2. The number of hydrogen-bond donors (Lipinski definition) is 2. The molecule has 0 amide bonds. The van der Waals surface area contributed by atoms with Crippen LogP contribution in [0.2, 0.25) is 0 Å². The minimum atomic E-state index is 0.0285. The highest BCUT2D eigenvalue weighted by Gasteiger charge is 2.28. The van der Waals surface area contributed by atoms with Crippen molar-refractivity contribution in [2.45, 2.75) is 26.8 Å². The molecule has 16 heavy (non-hydrogen) atoms. The molecule has 1 saturated heterocycles. The summed E-state index contributed by atoms with van der Waals surface area (Å²) in [5.41, 5.74) is 11.3. The Morgan fingerprint density at radius 2 is 1.88 bits per heavy atom. The van der Waals surface area contributed by atoms with Crippen LogP contribution in [-0.2, 0) is 4.79 Å². The van der Waals surface area contributed by atoms with Gasteiger partial charge < -0.3 is 4.79 Å². The van der Waals surface area contributed by atoms with E-state index in [0.717, 1.165) is 6.29 Å². The largest absolute Gasteiger partial charge is 0.303 e. The molecule has 2 atom stereocenters. The number of carbonyl (C=O) groups is 1. The highest BCUT2D eigenvalue weighted by atomic mass is 16.1. The van der Waals surface area contributed by atoms with Crippen molar-refractivity contribution >= 4 is 6.29 Å². The average molecular weight is 218 g/mol. The lowest BCUT2D eigenvalue weighted by Crippen LogP contribution is -2.25. The van der Waals surface area contributed by atoms with Crippen molar-refractivity contribution in [1.29, 1.82) is 0 Å². The van der Waals surface area contributed by atoms with Crippen LogP contribution >= 0.6 is 0 Å². The second-order valence-corrected chi connectivity index (χ2v) is 4.60. The maximum Gasteiger partial charge on any atom is 0.126 e. The fourth-order valence-electron chi connectivity index (χ4n) is 2.26. The van der Waals surface area contributed by atoms with Gasteiger partial charge in [0.25, 0.3) is 0 Å². The van der Waals surface area contributed by atoms with Gasteiger partial charge >= 0.3 is 0 Å². The first-order valence-electron chi connectivity index (χ1n) is 5.65. The lowest BCUT2D eigenvalue weighted by atomic mass is 9.90. The monoisotopic (exact) mass is 218 g/mol. The number of hydrazine groups is 1. The van der Waals surface area contributed by atoms with Gasteiger partial charge in [0.15, 0.2) is 0 Å². The highest BCUT2D eigenvalue weighted by Crippen LogP contribution is 2.28. The van der Waals surface area contributed by atoms with E-state index in [4.69, 9.17) is 0 Å². The second kappa shape index (κ2) is 4.36. The van der Waals surface area contributed by atoms with Crippen molar-refractivity contribution in [1.82, 2.24) is 10.9 Å². The van der Waals surface area contributed by atoms with Crippen LogP contribution in [0.3, 0.4) is 0 Å². The molecule has 0 bridgehead atoms. The molecule has 0 aliphatic carbocycles. The lowest BCUT2D eigenvalue weighted by molar-refractivity contribution is -0.111. The molecule has 3 nitrogen and oxygen atoms in total. The van der Waals surface area contributed by atoms with Crippen LogP contribution in [-0.4, -0.2) is 12.8 Å². The van der Waals surface area contributed by atoms with Gasteiger partial charge in [-0.3, -0.25) is 5.43 Å². The zero-order valence-electron chi connectivity index (χ0n) is 10.0. The maximum atomic E-state index is 11.0. The number of carbonyl (C=O) groups excluding carboxylic acids is 1. The summed E-state index contributed by atoms with van der Waals surface area (Å²) >= 11 is 0. The zero-order chi connectivity index (χ0) is 11.7. The molecule has 1 aliphatic rings. The Labute approximate surface area is 96.2 Å². The zero-order valence-corrected chi connectivity index (χ0v) is 10.0. The second-order valence-electron chi connectivity index (χ2n) is 4.60. The molecule has 2 rings (SSSR count). The van der Waals surface area contributed by atoms with Gasteiger partial charge in [-0.2, -0.15) is 0 Å². The summed E-state index contributed by atoms with van der Waals surface area (Å²) in [4.78, 5) is 11.0. The number of aldehydes is 1. The average Bonchev–Trinajstić information content (AvgIpc) is 2.71. The van der Waals surface area contributed by atoms with E-state index in [9.17, 15) is 4.79 Å². The van der Waals surface area contributed by atoms with Crippen molar-refractivity contribution in [3.8, 4) is 0 Å². The van der Waals surface area contributed by atoms with E-state index >= 15 is 0 Å². The summed E-state index contributed by atoms with van der Waals surface area (Å²) in [6.45, 7) is 7.03. The molecule has 3 heteroatoms. The summed E-state index contributed by atoms with van der Waals surface area (Å²) in [6, 6.07) is 4.48. The quantitative estimate of drug-likeness (QED) is 0.740. The third-order valence-electron chi connectivity index (χ3n) is 3.42. The van der Waals surface area contributed by atoms with Crippen molar-refractivity contribution in [3.63, 3.8) is 0 Å². The molecule has 1 aromatic rings. The molecule has 2 N–H and O–H groups in total. The molecule has 2 unspecified atom stereocenters. The Bertz CT molecular complexity index is 415. The number of hydrogen-bond acceptors (Lipinski definition) is 3. The molecule has 0 aromatic heterocycles. The van der Waals surface area contributed by atoms with E-state index in [1.807, 2.05) is 0 Å². The van der Waals surface area contributed by atoms with Crippen molar-refractivity contribution in [2.24, 2.45) is 5.92 Å². The van der Waals surface area contributed by atoms with Gasteiger partial charge in [0.2, 0.25) is 0 Å². The highest BCUT2D eigenvalue weighted by molar-refractivity contribution is 5.57. The van der Waals surface area contributed by atoms with E-state index in [0.29, 0.717) is 6.54 Å². The van der Waals surface area contributed by atoms with Crippen LogP contribution in [0.4, 0.5) is 0 Å². The lowest BCUT2D eigenvalue weighted by Gasteiger charge is -2.18. The first kappa shape index (κ1) is 11.3. The molecule has 1 aromatic carbocycles. The van der Waals surface area contributed by atoms with Crippen molar-refractivity contribution in [2.75, 3.05) is 6.54 Å². The van der Waals surface area contributed by atoms with Gasteiger partial charge in [-0.25, -0.2) is 5.43 Å². The summed E-state index contributed by atoms with van der Waals surface area (Å²) in [6.07, 6.45) is 1.03. The van der Waals surface area contributed by atoms with Gasteiger partial charge in [-0.15, -0.1) is 0 Å². The predicted octanol–water partition coefficient (Wildman–Crippen LogP) is 1.58. The van der Waals surface area contributed by atoms with E-state index in [2.05, 4.69) is 43.8 Å². The van der Waals surface area contributed by atoms with Crippen LogP contribution < -0.4 is 10.9 Å². The molecule has 1 heterocycles. The molecule has 0 radical (unpaired) electrons. The molecular weight excluding hydrogens is 200 g/mol. The van der Waals surface area contributed by atoms with E-state index in [1.54, 1.807) is 0 Å². The third-order valence-corrected chi connectivity index (χ3v) is 3.42. The van der Waals surface area contributed by atoms with E-state index in [1.165, 1.54) is 22.3 Å². The van der Waals surface area contributed by atoms with Gasteiger partial charge in [-0.1, -0.05) is 12.1 Å². The third kappa shape index (κ3) is 1.88. The minimum absolute atomic E-state index is 0.0285. The van der Waals surface area contributed by atoms with Gasteiger partial charge in [-0.05, 0) is 43.0 Å². The summed E-state index contributed by atoms with van der Waals surface area (Å²) in [5.74, 6) is 0.0285. The number of aryl methyl sites for hydroxylation is 3. The van der Waals surface area contributed by atoms with Crippen LogP contribution in [0, 0.1) is 26.7 Å². The molecule has 1 aliphatic heterocycles. The van der Waals surface area contributed by atoms with Crippen molar-refractivity contribution in [3.05, 3.63) is 34.4 Å². The SMILES string of the molecule is Cc1cc(C)c(C2NNCC2C=O)cc1C. The van der Waals surface area contributed by atoms with Gasteiger partial charge in [0, 0.05) is 12.5 Å². The Morgan fingerprint density at radius 1 is 1.19 bits per heavy atom. The van der Waals surface area contributed by atoms with Crippen LogP contribution in [0.25, 0.3) is 0 Å². The molecular formula is C13H18N2O. The fraction of sp³-hybridized carbons (Fsp3) is 0.462. The Morgan fingerprint density at radius 3 is 2.56 bits per heavy atom. The Hall–Kier alpha value is -1.19. The number of benzene rings is 1. The Balaban J connectivity index is 2.39.